The fourth-order valence-corrected chi connectivity index (χ4v) is 4.79. The molecule has 1 heterocycles. The van der Waals surface area contributed by atoms with E-state index in [0.29, 0.717) is 22.7 Å². The highest BCUT2D eigenvalue weighted by Crippen LogP contribution is 2.38. The largest absolute Gasteiger partial charge is 0.418 e. The van der Waals surface area contributed by atoms with Crippen molar-refractivity contribution >= 4 is 26.4 Å². The molecule has 2 N–H and O–H groups in total. The van der Waals surface area contributed by atoms with E-state index in [9.17, 15) is 21.6 Å². The molecule has 0 fully saturated rings. The lowest BCUT2D eigenvalue weighted by Gasteiger charge is -2.12. The van der Waals surface area contributed by atoms with Gasteiger partial charge in [-0.3, -0.25) is 0 Å². The van der Waals surface area contributed by atoms with Gasteiger partial charge in [-0.25, -0.2) is 8.42 Å². The number of hydrogen-bond donors (Lipinski definition) is 1. The van der Waals surface area contributed by atoms with E-state index in [-0.39, 0.29) is 4.90 Å². The molecule has 0 radical (unpaired) electrons. The van der Waals surface area contributed by atoms with E-state index in [2.05, 4.69) is 0 Å². The third-order valence-electron chi connectivity index (χ3n) is 4.50. The lowest BCUT2D eigenvalue weighted by molar-refractivity contribution is -0.137. The molecule has 0 amide bonds. The van der Waals surface area contributed by atoms with Crippen molar-refractivity contribution in [1.29, 1.82) is 0 Å². The Bertz CT molecular complexity index is 1130. The van der Waals surface area contributed by atoms with Crippen molar-refractivity contribution in [2.75, 3.05) is 5.73 Å². The van der Waals surface area contributed by atoms with E-state index < -0.39 is 32.2 Å². The first kappa shape index (κ1) is 18.3. The monoisotopic (exact) mass is 382 g/mol. The van der Waals surface area contributed by atoms with Crippen molar-refractivity contribution in [3.8, 4) is 0 Å². The molecule has 8 heteroatoms. The van der Waals surface area contributed by atoms with Crippen LogP contribution in [0, 0.1) is 13.8 Å². The number of anilines is 1. The van der Waals surface area contributed by atoms with Gasteiger partial charge in [0.05, 0.1) is 10.5 Å². The molecule has 4 nitrogen and oxygen atoms in total. The standard InChI is InChI=1S/C18H17F3N2O2S/c1-10-4-7-16-13(8-10)17(11(2)23(16)3)26(24,25)12-5-6-15(22)14(9-12)18(19,20)21/h4-9H,22H2,1-3H3. The highest BCUT2D eigenvalue weighted by atomic mass is 32.2. The van der Waals surface area contributed by atoms with Gasteiger partial charge in [-0.05, 0) is 44.2 Å². The second-order valence-corrected chi connectivity index (χ2v) is 8.13. The Balaban J connectivity index is 2.33. The maximum Gasteiger partial charge on any atom is 0.418 e. The zero-order valence-electron chi connectivity index (χ0n) is 14.3. The van der Waals surface area contributed by atoms with Crippen LogP contribution in [0.2, 0.25) is 0 Å². The molecule has 0 spiro atoms. The summed E-state index contributed by atoms with van der Waals surface area (Å²) in [5.74, 6) is 0. The van der Waals surface area contributed by atoms with Crippen LogP contribution in [0.1, 0.15) is 16.8 Å². The van der Waals surface area contributed by atoms with E-state index in [4.69, 9.17) is 5.73 Å². The summed E-state index contributed by atoms with van der Waals surface area (Å²) < 4.78 is 67.4. The Morgan fingerprint density at radius 1 is 1.04 bits per heavy atom. The zero-order valence-corrected chi connectivity index (χ0v) is 15.2. The van der Waals surface area contributed by atoms with Crippen LogP contribution in [0.15, 0.2) is 46.2 Å². The van der Waals surface area contributed by atoms with Crippen molar-refractivity contribution in [1.82, 2.24) is 4.57 Å². The number of halogens is 3. The fraction of sp³-hybridized carbons (Fsp3) is 0.222. The predicted molar refractivity (Wildman–Crippen MR) is 93.7 cm³/mol. The molecule has 26 heavy (non-hydrogen) atoms. The fourth-order valence-electron chi connectivity index (χ4n) is 3.06. The molecule has 138 valence electrons. The minimum atomic E-state index is -4.74. The Kier molecular flexibility index (Phi) is 4.06. The van der Waals surface area contributed by atoms with E-state index >= 15 is 0 Å². The van der Waals surface area contributed by atoms with Gasteiger partial charge in [0, 0.05) is 29.3 Å². The molecule has 0 aliphatic carbocycles. The van der Waals surface area contributed by atoms with Crippen molar-refractivity contribution < 1.29 is 21.6 Å². The highest BCUT2D eigenvalue weighted by molar-refractivity contribution is 7.91. The first-order chi connectivity index (χ1) is 11.9. The van der Waals surface area contributed by atoms with Crippen molar-refractivity contribution in [2.24, 2.45) is 7.05 Å². The van der Waals surface area contributed by atoms with Gasteiger partial charge in [0.25, 0.3) is 0 Å². The molecular formula is C18H17F3N2O2S. The maximum atomic E-state index is 13.2. The molecule has 2 aromatic carbocycles. The average molecular weight is 382 g/mol. The quantitative estimate of drug-likeness (QED) is 0.675. The molecule has 0 atom stereocenters. The number of nitrogen functional groups attached to an aromatic ring is 1. The van der Waals surface area contributed by atoms with Gasteiger partial charge in [0.1, 0.15) is 4.90 Å². The van der Waals surface area contributed by atoms with E-state index in [1.54, 1.807) is 30.7 Å². The van der Waals surface area contributed by atoms with Gasteiger partial charge in [0.2, 0.25) is 9.84 Å². The molecule has 0 aliphatic heterocycles. The number of aromatic nitrogens is 1. The number of alkyl halides is 3. The van der Waals surface area contributed by atoms with Gasteiger partial charge in [-0.1, -0.05) is 11.6 Å². The predicted octanol–water partition coefficient (Wildman–Crippen LogP) is 4.23. The number of aryl methyl sites for hydroxylation is 2. The van der Waals surface area contributed by atoms with E-state index in [0.717, 1.165) is 17.7 Å². The number of benzene rings is 2. The molecule has 1 aromatic heterocycles. The zero-order chi connectivity index (χ0) is 19.4. The molecular weight excluding hydrogens is 365 g/mol. The Labute approximate surface area is 149 Å². The van der Waals surface area contributed by atoms with Gasteiger partial charge < -0.3 is 10.3 Å². The van der Waals surface area contributed by atoms with Crippen LogP contribution in [0.4, 0.5) is 18.9 Å². The minimum Gasteiger partial charge on any atom is -0.398 e. The molecule has 0 saturated heterocycles. The van der Waals surface area contributed by atoms with Crippen LogP contribution in [-0.4, -0.2) is 13.0 Å². The second-order valence-electron chi connectivity index (χ2n) is 6.24. The molecule has 0 aliphatic rings. The first-order valence-corrected chi connectivity index (χ1v) is 9.20. The van der Waals surface area contributed by atoms with E-state index in [1.165, 1.54) is 0 Å². The van der Waals surface area contributed by atoms with Crippen LogP contribution >= 0.6 is 0 Å². The van der Waals surface area contributed by atoms with Crippen LogP contribution in [-0.2, 0) is 23.1 Å². The molecule has 3 aromatic rings. The third kappa shape index (κ3) is 2.74. The highest BCUT2D eigenvalue weighted by Gasteiger charge is 2.35. The lowest BCUT2D eigenvalue weighted by Crippen LogP contribution is -2.12. The molecule has 0 saturated carbocycles. The summed E-state index contributed by atoms with van der Waals surface area (Å²) in [5.41, 5.74) is 5.71. The molecule has 0 bridgehead atoms. The number of nitrogens with zero attached hydrogens (tertiary/aromatic N) is 1. The molecule has 3 rings (SSSR count). The number of fused-ring (bicyclic) bond motifs is 1. The van der Waals surface area contributed by atoms with Crippen molar-refractivity contribution in [3.63, 3.8) is 0 Å². The van der Waals surface area contributed by atoms with Crippen molar-refractivity contribution in [2.45, 2.75) is 29.8 Å². The Morgan fingerprint density at radius 2 is 1.69 bits per heavy atom. The average Bonchev–Trinajstić information content (AvgIpc) is 2.77. The van der Waals surface area contributed by atoms with E-state index in [1.807, 2.05) is 13.0 Å². The summed E-state index contributed by atoms with van der Waals surface area (Å²) in [4.78, 5) is -0.423. The lowest BCUT2D eigenvalue weighted by atomic mass is 10.2. The Hall–Kier alpha value is -2.48. The first-order valence-electron chi connectivity index (χ1n) is 7.72. The summed E-state index contributed by atoms with van der Waals surface area (Å²) in [6, 6.07) is 8.04. The maximum absolute atomic E-state index is 13.2. The van der Waals surface area contributed by atoms with Gasteiger partial charge >= 0.3 is 6.18 Å². The summed E-state index contributed by atoms with van der Waals surface area (Å²) in [6.07, 6.45) is -4.74. The van der Waals surface area contributed by atoms with Crippen LogP contribution in [0.25, 0.3) is 10.9 Å². The van der Waals surface area contributed by atoms with Crippen LogP contribution in [0.5, 0.6) is 0 Å². The number of hydrogen-bond acceptors (Lipinski definition) is 3. The summed E-state index contributed by atoms with van der Waals surface area (Å²) in [5, 5.41) is 0.482. The number of nitrogens with two attached hydrogens (primary N) is 1. The smallest absolute Gasteiger partial charge is 0.398 e. The third-order valence-corrected chi connectivity index (χ3v) is 6.43. The summed E-state index contributed by atoms with van der Waals surface area (Å²) in [7, 11) is -2.45. The summed E-state index contributed by atoms with van der Waals surface area (Å²) in [6.45, 7) is 3.45. The van der Waals surface area contributed by atoms with Gasteiger partial charge in [0.15, 0.2) is 0 Å². The molecule has 0 unspecified atom stereocenters. The summed E-state index contributed by atoms with van der Waals surface area (Å²) >= 11 is 0. The second kappa shape index (κ2) is 5.77. The van der Waals surface area contributed by atoms with Gasteiger partial charge in [-0.2, -0.15) is 13.2 Å². The minimum absolute atomic E-state index is 0.0107. The van der Waals surface area contributed by atoms with Crippen LogP contribution < -0.4 is 5.73 Å². The SMILES string of the molecule is Cc1ccc2c(c1)c(S(=O)(=O)c1ccc(N)c(C(F)(F)F)c1)c(C)n2C. The Morgan fingerprint density at radius 3 is 2.31 bits per heavy atom. The number of sulfone groups is 1. The van der Waals surface area contributed by atoms with Gasteiger partial charge in [-0.15, -0.1) is 0 Å². The topological polar surface area (TPSA) is 65.1 Å². The van der Waals surface area contributed by atoms with Crippen LogP contribution in [0.3, 0.4) is 0 Å². The number of rotatable bonds is 2. The normalized spacial score (nSPS) is 12.7. The van der Waals surface area contributed by atoms with Crippen molar-refractivity contribution in [3.05, 3.63) is 53.2 Å².